The third kappa shape index (κ3) is 2.49. The smallest absolute Gasteiger partial charge is 0.422 e. The van der Waals surface area contributed by atoms with Gasteiger partial charge in [-0.1, -0.05) is 0 Å². The summed E-state index contributed by atoms with van der Waals surface area (Å²) >= 11 is 0. The Morgan fingerprint density at radius 3 is 2.53 bits per heavy atom. The molecular weight excluding hydrogens is 243 g/mol. The van der Waals surface area contributed by atoms with Crippen LogP contribution in [0.15, 0.2) is 11.0 Å². The van der Waals surface area contributed by atoms with Crippen LogP contribution in [0.5, 0.6) is 0 Å². The van der Waals surface area contributed by atoms with Crippen molar-refractivity contribution in [3.05, 3.63) is 17.3 Å². The summed E-state index contributed by atoms with van der Waals surface area (Å²) in [6, 6.07) is 1.41. The first kappa shape index (κ1) is 12.5. The van der Waals surface area contributed by atoms with Gasteiger partial charge in [0.1, 0.15) is 4.90 Å². The van der Waals surface area contributed by atoms with Crippen molar-refractivity contribution >= 4 is 22.7 Å². The second kappa shape index (κ2) is 4.38. The lowest BCUT2D eigenvalue weighted by atomic mass is 9.83. The Morgan fingerprint density at radius 1 is 1.29 bits per heavy atom. The molecule has 1 aliphatic rings. The molecule has 0 unspecified atom stereocenters. The van der Waals surface area contributed by atoms with Crippen molar-refractivity contribution in [1.29, 1.82) is 0 Å². The van der Waals surface area contributed by atoms with E-state index < -0.39 is 17.1 Å². The highest BCUT2D eigenvalue weighted by atomic mass is 32.2. The van der Waals surface area contributed by atoms with Crippen LogP contribution in [0, 0.1) is 0 Å². The van der Waals surface area contributed by atoms with Crippen LogP contribution in [0.1, 0.15) is 24.1 Å². The number of primary sulfonamides is 1. The molecule has 17 heavy (non-hydrogen) atoms. The number of pyridine rings is 1. The fourth-order valence-electron chi connectivity index (χ4n) is 2.04. The van der Waals surface area contributed by atoms with Crippen LogP contribution in [0.2, 0.25) is 0 Å². The van der Waals surface area contributed by atoms with E-state index in [1.54, 1.807) is 0 Å². The number of hydrogen-bond donors (Lipinski definition) is 3. The summed E-state index contributed by atoms with van der Waals surface area (Å²) in [7, 11) is -5.93. The molecule has 1 aliphatic carbocycles. The Bertz CT molecular complexity index is 544. The van der Waals surface area contributed by atoms with Gasteiger partial charge in [-0.15, -0.1) is 0 Å². The SMILES string of the molecule is NS(=O)(=O)c1cc2c(nc1B(O)O)CCCC2. The van der Waals surface area contributed by atoms with E-state index in [1.165, 1.54) is 6.07 Å². The van der Waals surface area contributed by atoms with Gasteiger partial charge < -0.3 is 10.0 Å². The zero-order valence-electron chi connectivity index (χ0n) is 9.13. The molecule has 0 atom stereocenters. The van der Waals surface area contributed by atoms with Gasteiger partial charge in [-0.2, -0.15) is 0 Å². The van der Waals surface area contributed by atoms with Crippen LogP contribution in [-0.4, -0.2) is 30.6 Å². The summed E-state index contributed by atoms with van der Waals surface area (Å²) in [6.45, 7) is 0. The zero-order valence-corrected chi connectivity index (χ0v) is 9.94. The maximum Gasteiger partial charge on any atom is 0.509 e. The van der Waals surface area contributed by atoms with Crippen molar-refractivity contribution in [3.8, 4) is 0 Å². The quantitative estimate of drug-likeness (QED) is 0.545. The molecule has 0 fully saturated rings. The average molecular weight is 256 g/mol. The normalized spacial score (nSPS) is 15.5. The fraction of sp³-hybridized carbons (Fsp3) is 0.444. The molecule has 0 aromatic carbocycles. The zero-order chi connectivity index (χ0) is 12.6. The summed E-state index contributed by atoms with van der Waals surface area (Å²) in [5.41, 5.74) is 1.27. The van der Waals surface area contributed by atoms with Crippen molar-refractivity contribution in [1.82, 2.24) is 4.98 Å². The Balaban J connectivity index is 2.65. The van der Waals surface area contributed by atoms with E-state index in [2.05, 4.69) is 4.98 Å². The summed E-state index contributed by atoms with van der Waals surface area (Å²) < 4.78 is 22.7. The molecule has 0 bridgehead atoms. The van der Waals surface area contributed by atoms with E-state index in [0.29, 0.717) is 0 Å². The molecule has 4 N–H and O–H groups in total. The first-order chi connectivity index (χ1) is 7.89. The van der Waals surface area contributed by atoms with Crippen LogP contribution < -0.4 is 10.7 Å². The Labute approximate surface area is 99.7 Å². The molecule has 0 aliphatic heterocycles. The second-order valence-corrected chi connectivity index (χ2v) is 5.63. The van der Waals surface area contributed by atoms with Gasteiger partial charge in [0.15, 0.2) is 0 Å². The Kier molecular flexibility index (Phi) is 3.22. The molecule has 0 saturated heterocycles. The average Bonchev–Trinajstić information content (AvgIpc) is 2.26. The molecule has 2 rings (SSSR count). The van der Waals surface area contributed by atoms with Crippen LogP contribution in [-0.2, 0) is 22.9 Å². The minimum absolute atomic E-state index is 0.284. The van der Waals surface area contributed by atoms with Gasteiger partial charge in [0.25, 0.3) is 0 Å². The molecule has 1 aromatic heterocycles. The lowest BCUT2D eigenvalue weighted by Crippen LogP contribution is -2.39. The molecule has 0 radical (unpaired) electrons. The van der Waals surface area contributed by atoms with Gasteiger partial charge in [-0.25, -0.2) is 13.6 Å². The lowest BCUT2D eigenvalue weighted by molar-refractivity contribution is 0.422. The van der Waals surface area contributed by atoms with Crippen LogP contribution >= 0.6 is 0 Å². The number of aryl methyl sites for hydroxylation is 2. The van der Waals surface area contributed by atoms with Gasteiger partial charge in [0.05, 0.1) is 5.59 Å². The number of sulfonamides is 1. The molecular formula is C9H13BN2O4S. The van der Waals surface area contributed by atoms with Gasteiger partial charge in [-0.05, 0) is 37.3 Å². The Morgan fingerprint density at radius 2 is 1.94 bits per heavy atom. The van der Waals surface area contributed by atoms with E-state index in [0.717, 1.165) is 36.9 Å². The van der Waals surface area contributed by atoms with E-state index in [9.17, 15) is 8.42 Å². The predicted octanol–water partition coefficient (Wildman–Crippen LogP) is -1.71. The van der Waals surface area contributed by atoms with Crippen molar-refractivity contribution in [3.63, 3.8) is 0 Å². The molecule has 0 saturated carbocycles. The Hall–Kier alpha value is -0.955. The topological polar surface area (TPSA) is 114 Å². The van der Waals surface area contributed by atoms with Crippen molar-refractivity contribution in [2.75, 3.05) is 0 Å². The molecule has 6 nitrogen and oxygen atoms in total. The number of fused-ring (bicyclic) bond motifs is 1. The molecule has 1 heterocycles. The van der Waals surface area contributed by atoms with E-state index in [4.69, 9.17) is 15.2 Å². The fourth-order valence-corrected chi connectivity index (χ4v) is 2.79. The van der Waals surface area contributed by atoms with Gasteiger partial charge in [-0.3, -0.25) is 4.98 Å². The highest BCUT2D eigenvalue weighted by molar-refractivity contribution is 7.89. The largest absolute Gasteiger partial charge is 0.509 e. The third-order valence-electron chi connectivity index (χ3n) is 2.84. The highest BCUT2D eigenvalue weighted by Crippen LogP contribution is 2.20. The van der Waals surface area contributed by atoms with Gasteiger partial charge in [0, 0.05) is 5.69 Å². The maximum absolute atomic E-state index is 11.4. The summed E-state index contributed by atoms with van der Waals surface area (Å²) in [5, 5.41) is 23.3. The number of hydrogen-bond acceptors (Lipinski definition) is 5. The first-order valence-corrected chi connectivity index (χ1v) is 6.86. The van der Waals surface area contributed by atoms with Crippen molar-refractivity contribution in [2.45, 2.75) is 30.6 Å². The molecule has 92 valence electrons. The van der Waals surface area contributed by atoms with E-state index in [-0.39, 0.29) is 10.5 Å². The number of rotatable bonds is 2. The van der Waals surface area contributed by atoms with E-state index >= 15 is 0 Å². The molecule has 0 spiro atoms. The highest BCUT2D eigenvalue weighted by Gasteiger charge is 2.27. The predicted molar refractivity (Wildman–Crippen MR) is 62.1 cm³/mol. The third-order valence-corrected chi connectivity index (χ3v) is 3.78. The van der Waals surface area contributed by atoms with Crippen LogP contribution in [0.25, 0.3) is 0 Å². The second-order valence-electron chi connectivity index (χ2n) is 4.10. The number of aromatic nitrogens is 1. The lowest BCUT2D eigenvalue weighted by Gasteiger charge is -2.17. The van der Waals surface area contributed by atoms with Gasteiger partial charge in [0.2, 0.25) is 10.0 Å². The first-order valence-electron chi connectivity index (χ1n) is 5.31. The molecule has 1 aromatic rings. The van der Waals surface area contributed by atoms with Gasteiger partial charge >= 0.3 is 7.12 Å². The number of nitrogens with zero attached hydrogens (tertiary/aromatic N) is 1. The van der Waals surface area contributed by atoms with E-state index in [1.807, 2.05) is 0 Å². The summed E-state index contributed by atoms with van der Waals surface area (Å²) in [5.74, 6) is 0. The number of nitrogens with two attached hydrogens (primary N) is 1. The standard InChI is InChI=1S/C9H13BN2O4S/c11-17(15,16)8-5-6-3-1-2-4-7(6)12-9(8)10(13)14/h5,13-14H,1-4H2,(H2,11,15,16). The minimum atomic E-state index is -3.99. The summed E-state index contributed by atoms with van der Waals surface area (Å²) in [4.78, 5) is 3.72. The monoisotopic (exact) mass is 256 g/mol. The van der Waals surface area contributed by atoms with Crippen molar-refractivity contribution in [2.24, 2.45) is 5.14 Å². The molecule has 0 amide bonds. The van der Waals surface area contributed by atoms with Crippen molar-refractivity contribution < 1.29 is 18.5 Å². The summed E-state index contributed by atoms with van der Waals surface area (Å²) in [6.07, 6.45) is 3.40. The van der Waals surface area contributed by atoms with Crippen LogP contribution in [0.4, 0.5) is 0 Å². The molecule has 8 heteroatoms. The maximum atomic E-state index is 11.4. The van der Waals surface area contributed by atoms with Crippen LogP contribution in [0.3, 0.4) is 0 Å². The minimum Gasteiger partial charge on any atom is -0.422 e.